The molecule has 1 aromatic heterocycles. The van der Waals surface area contributed by atoms with Crippen molar-refractivity contribution in [2.45, 2.75) is 30.5 Å². The molecule has 0 spiro atoms. The molecule has 0 bridgehead atoms. The van der Waals surface area contributed by atoms with Gasteiger partial charge in [0, 0.05) is 37.6 Å². The normalized spacial score (nSPS) is 13.9. The zero-order valence-corrected chi connectivity index (χ0v) is 13.1. The first kappa shape index (κ1) is 16.6. The van der Waals surface area contributed by atoms with Crippen LogP contribution >= 0.6 is 11.3 Å². The summed E-state index contributed by atoms with van der Waals surface area (Å²) in [6.45, 7) is 4.43. The van der Waals surface area contributed by atoms with Gasteiger partial charge in [0.1, 0.15) is 4.21 Å². The molecule has 110 valence electrons. The van der Waals surface area contributed by atoms with Crippen molar-refractivity contribution in [1.29, 1.82) is 0 Å². The lowest BCUT2D eigenvalue weighted by Crippen LogP contribution is -2.40. The van der Waals surface area contributed by atoms with Crippen molar-refractivity contribution >= 4 is 21.4 Å². The van der Waals surface area contributed by atoms with Crippen molar-refractivity contribution in [2.75, 3.05) is 26.9 Å². The molecule has 0 fully saturated rings. The van der Waals surface area contributed by atoms with E-state index in [1.807, 2.05) is 13.8 Å². The van der Waals surface area contributed by atoms with E-state index >= 15 is 0 Å². The summed E-state index contributed by atoms with van der Waals surface area (Å²) >= 11 is 1.21. The average Bonchev–Trinajstić information content (AvgIpc) is 2.79. The number of rotatable bonds is 8. The molecular weight excluding hydrogens is 286 g/mol. The summed E-state index contributed by atoms with van der Waals surface area (Å²) in [5, 5.41) is 8.88. The summed E-state index contributed by atoms with van der Waals surface area (Å²) in [5.74, 6) is 0. The van der Waals surface area contributed by atoms with Gasteiger partial charge in [0.25, 0.3) is 10.0 Å². The van der Waals surface area contributed by atoms with Crippen molar-refractivity contribution in [2.24, 2.45) is 0 Å². The van der Waals surface area contributed by atoms with Gasteiger partial charge in [-0.1, -0.05) is 6.92 Å². The van der Waals surface area contributed by atoms with Crippen molar-refractivity contribution in [3.8, 4) is 0 Å². The quantitative estimate of drug-likeness (QED) is 0.787. The molecule has 0 saturated heterocycles. The van der Waals surface area contributed by atoms with Crippen LogP contribution in [0.4, 0.5) is 0 Å². The fraction of sp³-hybridized carbons (Fsp3) is 0.667. The van der Waals surface area contributed by atoms with Crippen LogP contribution in [0.15, 0.2) is 16.3 Å². The molecule has 0 aliphatic heterocycles. The maximum Gasteiger partial charge on any atom is 0.252 e. The number of nitrogens with zero attached hydrogens (tertiary/aromatic N) is 1. The van der Waals surface area contributed by atoms with Crippen LogP contribution in [-0.4, -0.2) is 50.7 Å². The van der Waals surface area contributed by atoms with Gasteiger partial charge in [-0.15, -0.1) is 11.3 Å². The predicted octanol–water partition coefficient (Wildman–Crippen LogP) is 1.33. The first-order valence-electron chi connectivity index (χ1n) is 6.17. The average molecular weight is 307 g/mol. The molecule has 1 heterocycles. The second kappa shape index (κ2) is 7.35. The molecule has 1 N–H and O–H groups in total. The summed E-state index contributed by atoms with van der Waals surface area (Å²) in [5.41, 5.74) is 0. The third-order valence-electron chi connectivity index (χ3n) is 2.77. The Balaban J connectivity index is 2.99. The first-order valence-corrected chi connectivity index (χ1v) is 8.43. The van der Waals surface area contributed by atoms with Gasteiger partial charge >= 0.3 is 0 Å². The predicted molar refractivity (Wildman–Crippen MR) is 76.0 cm³/mol. The van der Waals surface area contributed by atoms with Gasteiger partial charge in [0.2, 0.25) is 0 Å². The fourth-order valence-corrected chi connectivity index (χ4v) is 5.00. The minimum absolute atomic E-state index is 0.0254. The molecule has 0 aliphatic carbocycles. The van der Waals surface area contributed by atoms with Crippen molar-refractivity contribution in [1.82, 2.24) is 4.31 Å². The van der Waals surface area contributed by atoms with Crippen molar-refractivity contribution in [3.63, 3.8) is 0 Å². The second-order valence-electron chi connectivity index (χ2n) is 4.21. The molecule has 0 radical (unpaired) electrons. The lowest BCUT2D eigenvalue weighted by molar-refractivity contribution is 0.143. The van der Waals surface area contributed by atoms with Crippen LogP contribution in [0.3, 0.4) is 0 Å². The summed E-state index contributed by atoms with van der Waals surface area (Å²) in [7, 11) is -1.92. The lowest BCUT2D eigenvalue weighted by Gasteiger charge is -2.25. The Morgan fingerprint density at radius 2 is 2.16 bits per heavy atom. The number of methoxy groups -OCH3 is 1. The number of aliphatic hydroxyl groups is 1. The van der Waals surface area contributed by atoms with Crippen molar-refractivity contribution in [3.05, 3.63) is 17.0 Å². The van der Waals surface area contributed by atoms with E-state index in [2.05, 4.69) is 0 Å². The summed E-state index contributed by atoms with van der Waals surface area (Å²) in [6, 6.07) is 3.15. The number of sulfonamides is 1. The molecule has 1 aromatic rings. The molecule has 5 nitrogen and oxygen atoms in total. The Kier molecular flexibility index (Phi) is 6.41. The van der Waals surface area contributed by atoms with E-state index in [0.29, 0.717) is 23.8 Å². The summed E-state index contributed by atoms with van der Waals surface area (Å²) in [4.78, 5) is 0.872. The molecule has 0 amide bonds. The van der Waals surface area contributed by atoms with Crippen molar-refractivity contribution < 1.29 is 18.3 Å². The van der Waals surface area contributed by atoms with E-state index in [1.165, 1.54) is 15.6 Å². The Hall–Kier alpha value is -0.470. The Morgan fingerprint density at radius 3 is 2.68 bits per heavy atom. The van der Waals surface area contributed by atoms with E-state index in [1.54, 1.807) is 19.2 Å². The van der Waals surface area contributed by atoms with Crippen LogP contribution in [0.1, 0.15) is 18.7 Å². The van der Waals surface area contributed by atoms with E-state index < -0.39 is 10.0 Å². The van der Waals surface area contributed by atoms with Crippen LogP contribution in [0.5, 0.6) is 0 Å². The number of hydrogen-bond donors (Lipinski definition) is 1. The van der Waals surface area contributed by atoms with Gasteiger partial charge in [-0.2, -0.15) is 4.31 Å². The Labute approximate surface area is 118 Å². The highest BCUT2D eigenvalue weighted by Gasteiger charge is 2.28. The van der Waals surface area contributed by atoms with Gasteiger partial charge in [0.05, 0.1) is 6.61 Å². The highest BCUT2D eigenvalue weighted by atomic mass is 32.2. The highest BCUT2D eigenvalue weighted by molar-refractivity contribution is 7.91. The second-order valence-corrected chi connectivity index (χ2v) is 7.49. The number of aliphatic hydroxyl groups excluding tert-OH is 1. The number of thiophene rings is 1. The molecule has 1 atom stereocenters. The molecule has 0 aliphatic rings. The third-order valence-corrected chi connectivity index (χ3v) is 6.47. The zero-order valence-electron chi connectivity index (χ0n) is 11.5. The summed E-state index contributed by atoms with van der Waals surface area (Å²) < 4.78 is 31.8. The van der Waals surface area contributed by atoms with E-state index in [0.717, 1.165) is 4.88 Å². The first-order chi connectivity index (χ1) is 8.97. The minimum Gasteiger partial charge on any atom is -0.396 e. The van der Waals surface area contributed by atoms with Crippen LogP contribution in [-0.2, 0) is 21.2 Å². The van der Waals surface area contributed by atoms with Gasteiger partial charge in [-0.3, -0.25) is 0 Å². The third kappa shape index (κ3) is 4.00. The lowest BCUT2D eigenvalue weighted by atomic mass is 10.4. The topological polar surface area (TPSA) is 66.8 Å². The monoisotopic (exact) mass is 307 g/mol. The molecule has 0 aromatic carbocycles. The Morgan fingerprint density at radius 1 is 1.47 bits per heavy atom. The standard InChI is InChI=1S/C12H21NO4S2/c1-4-13(10(2)9-17-3)19(15,16)12-6-5-11(18-12)7-8-14/h5-6,10,14H,4,7-9H2,1-3H3. The highest BCUT2D eigenvalue weighted by Crippen LogP contribution is 2.26. The molecule has 1 rings (SSSR count). The SMILES string of the molecule is CCN(C(C)COC)S(=O)(=O)c1ccc(CCO)s1. The molecule has 19 heavy (non-hydrogen) atoms. The summed E-state index contributed by atoms with van der Waals surface area (Å²) in [6.07, 6.45) is 0.486. The van der Waals surface area contributed by atoms with Gasteiger partial charge in [0.15, 0.2) is 0 Å². The van der Waals surface area contributed by atoms with E-state index in [9.17, 15) is 8.42 Å². The molecule has 7 heteroatoms. The van der Waals surface area contributed by atoms with Crippen LogP contribution in [0.25, 0.3) is 0 Å². The van der Waals surface area contributed by atoms with E-state index in [4.69, 9.17) is 9.84 Å². The Bertz CT molecular complexity index is 484. The number of ether oxygens (including phenoxy) is 1. The van der Waals surface area contributed by atoms with Gasteiger partial charge in [-0.25, -0.2) is 8.42 Å². The maximum absolute atomic E-state index is 12.5. The molecular formula is C12H21NO4S2. The largest absolute Gasteiger partial charge is 0.396 e. The maximum atomic E-state index is 12.5. The zero-order chi connectivity index (χ0) is 14.5. The van der Waals surface area contributed by atoms with Crippen LogP contribution < -0.4 is 0 Å². The van der Waals surface area contributed by atoms with Gasteiger partial charge in [-0.05, 0) is 19.1 Å². The van der Waals surface area contributed by atoms with Crippen LogP contribution in [0.2, 0.25) is 0 Å². The number of likely N-dealkylation sites (N-methyl/N-ethyl adjacent to an activating group) is 1. The minimum atomic E-state index is -3.48. The van der Waals surface area contributed by atoms with E-state index in [-0.39, 0.29) is 12.6 Å². The van der Waals surface area contributed by atoms with Gasteiger partial charge < -0.3 is 9.84 Å². The molecule has 1 unspecified atom stereocenters. The smallest absolute Gasteiger partial charge is 0.252 e. The van der Waals surface area contributed by atoms with Crippen LogP contribution in [0, 0.1) is 0 Å². The number of hydrogen-bond acceptors (Lipinski definition) is 5. The molecule has 0 saturated carbocycles. The fourth-order valence-electron chi connectivity index (χ4n) is 1.90.